The van der Waals surface area contributed by atoms with Crippen LogP contribution in [-0.2, 0) is 0 Å². The van der Waals surface area contributed by atoms with Gasteiger partial charge in [0, 0.05) is 5.39 Å². The molecular formula is C10H7NO2. The molecule has 64 valence electrons. The van der Waals surface area contributed by atoms with E-state index in [0.29, 0.717) is 5.69 Å². The van der Waals surface area contributed by atoms with Crippen LogP contribution in [0.25, 0.3) is 21.9 Å². The number of rotatable bonds is 0. The Morgan fingerprint density at radius 2 is 1.85 bits per heavy atom. The lowest BCUT2D eigenvalue weighted by Crippen LogP contribution is -1.80. The smallest absolute Gasteiger partial charge is 0.136 e. The highest BCUT2D eigenvalue weighted by molar-refractivity contribution is 6.09. The van der Waals surface area contributed by atoms with E-state index in [4.69, 9.17) is 14.6 Å². The fraction of sp³-hybridized carbons (Fsp3) is 0. The van der Waals surface area contributed by atoms with Crippen LogP contribution in [0.3, 0.4) is 0 Å². The van der Waals surface area contributed by atoms with Crippen molar-refractivity contribution in [2.45, 2.75) is 0 Å². The molecule has 13 heavy (non-hydrogen) atoms. The summed E-state index contributed by atoms with van der Waals surface area (Å²) in [5.41, 5.74) is 8.05. The highest BCUT2D eigenvalue weighted by Crippen LogP contribution is 2.31. The molecule has 0 amide bonds. The number of hydrogen-bond acceptors (Lipinski definition) is 3. The zero-order chi connectivity index (χ0) is 8.84. The van der Waals surface area contributed by atoms with E-state index in [2.05, 4.69) is 0 Å². The summed E-state index contributed by atoms with van der Waals surface area (Å²) >= 11 is 0. The zero-order valence-electron chi connectivity index (χ0n) is 6.78. The second-order valence-electron chi connectivity index (χ2n) is 2.96. The summed E-state index contributed by atoms with van der Waals surface area (Å²) in [5, 5.41) is 1.94. The predicted molar refractivity (Wildman–Crippen MR) is 50.4 cm³/mol. The van der Waals surface area contributed by atoms with Gasteiger partial charge in [-0.3, -0.25) is 0 Å². The Morgan fingerprint density at radius 1 is 1.00 bits per heavy atom. The highest BCUT2D eigenvalue weighted by atomic mass is 16.3. The largest absolute Gasteiger partial charge is 0.464 e. The maximum atomic E-state index is 5.77. The molecule has 0 fully saturated rings. The highest BCUT2D eigenvalue weighted by Gasteiger charge is 2.08. The number of hydrogen-bond donors (Lipinski definition) is 1. The lowest BCUT2D eigenvalue weighted by Gasteiger charge is -1.91. The van der Waals surface area contributed by atoms with E-state index in [0.717, 1.165) is 21.9 Å². The third-order valence-corrected chi connectivity index (χ3v) is 2.20. The van der Waals surface area contributed by atoms with Crippen LogP contribution in [0.15, 0.2) is 39.6 Å². The maximum absolute atomic E-state index is 5.77. The van der Waals surface area contributed by atoms with Gasteiger partial charge in [-0.05, 0) is 18.2 Å². The molecule has 0 unspecified atom stereocenters. The topological polar surface area (TPSA) is 52.3 Å². The van der Waals surface area contributed by atoms with Gasteiger partial charge in [0.05, 0.1) is 17.3 Å². The fourth-order valence-electron chi connectivity index (χ4n) is 1.61. The summed E-state index contributed by atoms with van der Waals surface area (Å²) in [4.78, 5) is 0. The molecule has 0 aliphatic heterocycles. The van der Waals surface area contributed by atoms with E-state index >= 15 is 0 Å². The molecule has 0 bridgehead atoms. The monoisotopic (exact) mass is 173 g/mol. The van der Waals surface area contributed by atoms with Gasteiger partial charge in [0.15, 0.2) is 0 Å². The van der Waals surface area contributed by atoms with Crippen molar-refractivity contribution in [3.8, 4) is 0 Å². The molecule has 3 heteroatoms. The molecule has 2 aromatic heterocycles. The average molecular weight is 173 g/mol. The molecular weight excluding hydrogens is 166 g/mol. The van der Waals surface area contributed by atoms with Crippen LogP contribution in [0.5, 0.6) is 0 Å². The summed E-state index contributed by atoms with van der Waals surface area (Å²) in [6.45, 7) is 0. The first-order valence-corrected chi connectivity index (χ1v) is 3.99. The van der Waals surface area contributed by atoms with E-state index < -0.39 is 0 Å². The minimum absolute atomic E-state index is 0.655. The van der Waals surface area contributed by atoms with Gasteiger partial charge in [0.25, 0.3) is 0 Å². The first-order chi connectivity index (χ1) is 6.36. The third-order valence-electron chi connectivity index (χ3n) is 2.20. The molecule has 2 heterocycles. The zero-order valence-corrected chi connectivity index (χ0v) is 6.78. The molecule has 0 spiro atoms. The van der Waals surface area contributed by atoms with Gasteiger partial charge in [-0.1, -0.05) is 0 Å². The van der Waals surface area contributed by atoms with Crippen molar-refractivity contribution in [3.63, 3.8) is 0 Å². The molecule has 2 N–H and O–H groups in total. The lowest BCUT2D eigenvalue weighted by molar-refractivity contribution is 0.611. The van der Waals surface area contributed by atoms with Gasteiger partial charge in [-0.15, -0.1) is 0 Å². The Hall–Kier alpha value is -1.90. The molecule has 1 aromatic carbocycles. The van der Waals surface area contributed by atoms with E-state index in [1.165, 1.54) is 0 Å². The molecule has 3 nitrogen and oxygen atoms in total. The molecule has 3 aromatic rings. The molecule has 0 saturated heterocycles. The van der Waals surface area contributed by atoms with E-state index in [1.807, 2.05) is 18.2 Å². The van der Waals surface area contributed by atoms with Gasteiger partial charge in [0.1, 0.15) is 17.4 Å². The van der Waals surface area contributed by atoms with Crippen LogP contribution in [0.2, 0.25) is 0 Å². The molecule has 3 rings (SSSR count). The Labute approximate surface area is 73.7 Å². The Morgan fingerprint density at radius 3 is 2.77 bits per heavy atom. The van der Waals surface area contributed by atoms with Gasteiger partial charge in [-0.25, -0.2) is 0 Å². The van der Waals surface area contributed by atoms with Crippen LogP contribution >= 0.6 is 0 Å². The summed E-state index contributed by atoms with van der Waals surface area (Å²) in [6.07, 6.45) is 3.20. The summed E-state index contributed by atoms with van der Waals surface area (Å²) in [5.74, 6) is 0. The Bertz CT molecular complexity index is 577. The van der Waals surface area contributed by atoms with E-state index in [9.17, 15) is 0 Å². The second kappa shape index (κ2) is 2.07. The van der Waals surface area contributed by atoms with Crippen LogP contribution in [0, 0.1) is 0 Å². The Kier molecular flexibility index (Phi) is 1.05. The molecule has 0 aliphatic carbocycles. The predicted octanol–water partition coefficient (Wildman–Crippen LogP) is 2.76. The number of fused-ring (bicyclic) bond motifs is 3. The first kappa shape index (κ1) is 6.60. The number of benzene rings is 1. The van der Waals surface area contributed by atoms with Crippen molar-refractivity contribution in [2.24, 2.45) is 0 Å². The average Bonchev–Trinajstić information content (AvgIpc) is 2.70. The van der Waals surface area contributed by atoms with Crippen molar-refractivity contribution in [1.82, 2.24) is 0 Å². The number of furan rings is 2. The van der Waals surface area contributed by atoms with E-state index in [1.54, 1.807) is 12.5 Å². The number of anilines is 1. The minimum Gasteiger partial charge on any atom is -0.464 e. The Balaban J connectivity index is 2.70. The van der Waals surface area contributed by atoms with E-state index in [-0.39, 0.29) is 0 Å². The fourth-order valence-corrected chi connectivity index (χ4v) is 1.61. The SMILES string of the molecule is Nc1coc2ccc3occc3c12. The van der Waals surface area contributed by atoms with Gasteiger partial charge < -0.3 is 14.6 Å². The van der Waals surface area contributed by atoms with Crippen LogP contribution < -0.4 is 5.73 Å². The first-order valence-electron chi connectivity index (χ1n) is 3.99. The molecule has 0 saturated carbocycles. The van der Waals surface area contributed by atoms with Crippen molar-refractivity contribution < 1.29 is 8.83 Å². The quantitative estimate of drug-likeness (QED) is 0.568. The summed E-state index contributed by atoms with van der Waals surface area (Å²) < 4.78 is 10.5. The van der Waals surface area contributed by atoms with Crippen LogP contribution in [-0.4, -0.2) is 0 Å². The van der Waals surface area contributed by atoms with Crippen molar-refractivity contribution >= 4 is 27.6 Å². The van der Waals surface area contributed by atoms with Crippen molar-refractivity contribution in [2.75, 3.05) is 5.73 Å². The number of nitrogen functional groups attached to an aromatic ring is 1. The number of nitrogens with two attached hydrogens (primary N) is 1. The van der Waals surface area contributed by atoms with Gasteiger partial charge >= 0.3 is 0 Å². The molecule has 0 radical (unpaired) electrons. The van der Waals surface area contributed by atoms with Crippen LogP contribution in [0.4, 0.5) is 5.69 Å². The maximum Gasteiger partial charge on any atom is 0.136 e. The third kappa shape index (κ3) is 0.731. The molecule has 0 aliphatic rings. The molecule has 0 atom stereocenters. The van der Waals surface area contributed by atoms with Gasteiger partial charge in [-0.2, -0.15) is 0 Å². The minimum atomic E-state index is 0.655. The summed E-state index contributed by atoms with van der Waals surface area (Å²) in [7, 11) is 0. The van der Waals surface area contributed by atoms with Crippen LogP contribution in [0.1, 0.15) is 0 Å². The second-order valence-corrected chi connectivity index (χ2v) is 2.96. The van der Waals surface area contributed by atoms with Crippen molar-refractivity contribution in [1.29, 1.82) is 0 Å². The standard InChI is InChI=1S/C10H7NO2/c11-7-5-13-9-2-1-8-6(10(7)9)3-4-12-8/h1-5H,11H2. The summed E-state index contributed by atoms with van der Waals surface area (Å²) in [6, 6.07) is 5.63. The normalized spacial score (nSPS) is 11.4. The van der Waals surface area contributed by atoms with Crippen molar-refractivity contribution in [3.05, 3.63) is 30.7 Å². The lowest BCUT2D eigenvalue weighted by atomic mass is 10.1. The van der Waals surface area contributed by atoms with Gasteiger partial charge in [0.2, 0.25) is 0 Å².